The fourth-order valence-corrected chi connectivity index (χ4v) is 1.46. The third-order valence-corrected chi connectivity index (χ3v) is 2.45. The number of nitrogens with one attached hydrogen (secondary N) is 1. The molecule has 0 saturated heterocycles. The number of hydrogen-bond donors (Lipinski definition) is 1. The molecule has 0 aliphatic heterocycles. The van der Waals surface area contributed by atoms with E-state index in [2.05, 4.69) is 15.4 Å². The van der Waals surface area contributed by atoms with Crippen LogP contribution in [0.3, 0.4) is 0 Å². The molecule has 0 atom stereocenters. The molecule has 0 radical (unpaired) electrons. The summed E-state index contributed by atoms with van der Waals surface area (Å²) in [5, 5.41) is 7.89. The fraction of sp³-hybridized carbons (Fsp3) is 0.200. The normalized spacial score (nSPS) is 10.3. The van der Waals surface area contributed by atoms with Crippen LogP contribution >= 0.6 is 11.6 Å². The van der Waals surface area contributed by atoms with Gasteiger partial charge in [0, 0.05) is 7.05 Å². The van der Waals surface area contributed by atoms with Gasteiger partial charge in [0.15, 0.2) is 0 Å². The lowest BCUT2D eigenvalue weighted by Gasteiger charge is -2.06. The number of anilines is 1. The lowest BCUT2D eigenvalue weighted by Crippen LogP contribution is -2.06. The molecule has 15 heavy (non-hydrogen) atoms. The Kier molecular flexibility index (Phi) is 2.87. The molecule has 4 nitrogen and oxygen atoms in total. The predicted molar refractivity (Wildman–Crippen MR) is 59.8 cm³/mol. The van der Waals surface area contributed by atoms with Crippen LogP contribution in [0.2, 0.25) is 5.02 Å². The van der Waals surface area contributed by atoms with Gasteiger partial charge in [-0.3, -0.25) is 4.68 Å². The van der Waals surface area contributed by atoms with E-state index in [-0.39, 0.29) is 0 Å². The smallest absolute Gasteiger partial charge is 0.145 e. The second-order valence-corrected chi connectivity index (χ2v) is 3.54. The summed E-state index contributed by atoms with van der Waals surface area (Å²) in [6.07, 6.45) is 1.53. The van der Waals surface area contributed by atoms with Crippen molar-refractivity contribution in [3.63, 3.8) is 0 Å². The van der Waals surface area contributed by atoms with Crippen molar-refractivity contribution in [3.8, 4) is 0 Å². The van der Waals surface area contributed by atoms with Gasteiger partial charge in [-0.15, -0.1) is 0 Å². The Balaban J connectivity index is 2.06. The maximum absolute atomic E-state index is 6.00. The summed E-state index contributed by atoms with van der Waals surface area (Å²) in [5.41, 5.74) is 0.905. The molecule has 2 aromatic rings. The van der Waals surface area contributed by atoms with Crippen LogP contribution in [0.4, 0.5) is 5.69 Å². The number of halogens is 1. The molecule has 0 amide bonds. The highest BCUT2D eigenvalue weighted by atomic mass is 35.5. The van der Waals surface area contributed by atoms with Crippen LogP contribution < -0.4 is 5.32 Å². The number of aromatic nitrogens is 3. The van der Waals surface area contributed by atoms with Gasteiger partial charge in [0.2, 0.25) is 0 Å². The zero-order valence-corrected chi connectivity index (χ0v) is 9.07. The molecular formula is C10H11ClN4. The molecule has 0 bridgehead atoms. The van der Waals surface area contributed by atoms with Gasteiger partial charge in [0.05, 0.1) is 17.3 Å². The van der Waals surface area contributed by atoms with Crippen molar-refractivity contribution in [2.45, 2.75) is 6.54 Å². The third-order valence-electron chi connectivity index (χ3n) is 2.12. The molecule has 2 rings (SSSR count). The summed E-state index contributed by atoms with van der Waals surface area (Å²) in [5.74, 6) is 0.870. The summed E-state index contributed by atoms with van der Waals surface area (Å²) in [6.45, 7) is 0.611. The van der Waals surface area contributed by atoms with E-state index < -0.39 is 0 Å². The van der Waals surface area contributed by atoms with Crippen LogP contribution in [-0.2, 0) is 13.6 Å². The maximum Gasteiger partial charge on any atom is 0.145 e. The van der Waals surface area contributed by atoms with Gasteiger partial charge in [-0.25, -0.2) is 4.98 Å². The molecular weight excluding hydrogens is 212 g/mol. The first-order chi connectivity index (χ1) is 7.27. The van der Waals surface area contributed by atoms with Crippen LogP contribution in [0.15, 0.2) is 30.6 Å². The quantitative estimate of drug-likeness (QED) is 0.865. The molecule has 1 aromatic heterocycles. The Morgan fingerprint density at radius 2 is 2.20 bits per heavy atom. The number of nitrogens with zero attached hydrogens (tertiary/aromatic N) is 3. The highest BCUT2D eigenvalue weighted by Gasteiger charge is 2.01. The molecule has 5 heteroatoms. The average Bonchev–Trinajstić information content (AvgIpc) is 2.63. The summed E-state index contributed by atoms with van der Waals surface area (Å²) in [7, 11) is 1.86. The zero-order valence-electron chi connectivity index (χ0n) is 8.31. The zero-order chi connectivity index (χ0) is 10.7. The maximum atomic E-state index is 6.00. The second kappa shape index (κ2) is 4.31. The Hall–Kier alpha value is -1.55. The van der Waals surface area contributed by atoms with Gasteiger partial charge >= 0.3 is 0 Å². The van der Waals surface area contributed by atoms with Crippen molar-refractivity contribution in [3.05, 3.63) is 41.4 Å². The topological polar surface area (TPSA) is 42.7 Å². The lowest BCUT2D eigenvalue weighted by atomic mass is 10.3. The minimum atomic E-state index is 0.611. The molecule has 1 N–H and O–H groups in total. The van der Waals surface area contributed by atoms with Gasteiger partial charge in [-0.2, -0.15) is 5.10 Å². The van der Waals surface area contributed by atoms with Gasteiger partial charge in [0.25, 0.3) is 0 Å². The molecule has 0 saturated carbocycles. The van der Waals surface area contributed by atoms with E-state index in [4.69, 9.17) is 11.6 Å². The molecule has 0 spiro atoms. The Morgan fingerprint density at radius 1 is 1.40 bits per heavy atom. The molecule has 0 aliphatic carbocycles. The van der Waals surface area contributed by atoms with E-state index in [1.165, 1.54) is 6.33 Å². The predicted octanol–water partition coefficient (Wildman–Crippen LogP) is 2.08. The van der Waals surface area contributed by atoms with Crippen LogP contribution in [0.5, 0.6) is 0 Å². The van der Waals surface area contributed by atoms with E-state index in [1.54, 1.807) is 4.68 Å². The second-order valence-electron chi connectivity index (χ2n) is 3.13. The lowest BCUT2D eigenvalue weighted by molar-refractivity contribution is 0.712. The summed E-state index contributed by atoms with van der Waals surface area (Å²) < 4.78 is 1.73. The number of para-hydroxylation sites is 1. The van der Waals surface area contributed by atoms with Crippen LogP contribution in [0.25, 0.3) is 0 Å². The molecule has 0 unspecified atom stereocenters. The first kappa shape index (κ1) is 9.98. The minimum absolute atomic E-state index is 0.611. The molecule has 1 heterocycles. The fourth-order valence-electron chi connectivity index (χ4n) is 1.26. The Labute approximate surface area is 92.9 Å². The third kappa shape index (κ3) is 2.27. The molecule has 0 fully saturated rings. The van der Waals surface area contributed by atoms with Gasteiger partial charge in [-0.05, 0) is 12.1 Å². The van der Waals surface area contributed by atoms with E-state index in [9.17, 15) is 0 Å². The standard InChI is InChI=1S/C10H11ClN4/c1-15-10(13-7-14-15)6-12-9-5-3-2-4-8(9)11/h2-5,7,12H,6H2,1H3. The van der Waals surface area contributed by atoms with Crippen molar-refractivity contribution in [2.24, 2.45) is 7.05 Å². The number of aryl methyl sites for hydroxylation is 1. The molecule has 0 aliphatic rings. The first-order valence-corrected chi connectivity index (χ1v) is 4.96. The van der Waals surface area contributed by atoms with E-state index >= 15 is 0 Å². The number of benzene rings is 1. The van der Waals surface area contributed by atoms with Crippen molar-refractivity contribution >= 4 is 17.3 Å². The van der Waals surface area contributed by atoms with Gasteiger partial charge in [-0.1, -0.05) is 23.7 Å². The van der Waals surface area contributed by atoms with Crippen molar-refractivity contribution < 1.29 is 0 Å². The summed E-state index contributed by atoms with van der Waals surface area (Å²) in [4.78, 5) is 4.11. The van der Waals surface area contributed by atoms with Crippen LogP contribution in [-0.4, -0.2) is 14.8 Å². The Morgan fingerprint density at radius 3 is 2.87 bits per heavy atom. The van der Waals surface area contributed by atoms with E-state index in [0.29, 0.717) is 11.6 Å². The Bertz CT molecular complexity index is 452. The number of hydrogen-bond acceptors (Lipinski definition) is 3. The monoisotopic (exact) mass is 222 g/mol. The van der Waals surface area contributed by atoms with Gasteiger partial charge in [0.1, 0.15) is 12.2 Å². The average molecular weight is 223 g/mol. The van der Waals surface area contributed by atoms with E-state index in [1.807, 2.05) is 31.3 Å². The van der Waals surface area contributed by atoms with Gasteiger partial charge < -0.3 is 5.32 Å². The highest BCUT2D eigenvalue weighted by molar-refractivity contribution is 6.33. The number of rotatable bonds is 3. The first-order valence-electron chi connectivity index (χ1n) is 4.58. The highest BCUT2D eigenvalue weighted by Crippen LogP contribution is 2.20. The molecule has 78 valence electrons. The minimum Gasteiger partial charge on any atom is -0.377 e. The van der Waals surface area contributed by atoms with Crippen LogP contribution in [0.1, 0.15) is 5.82 Å². The summed E-state index contributed by atoms with van der Waals surface area (Å²) >= 11 is 6.00. The van der Waals surface area contributed by atoms with Crippen molar-refractivity contribution in [2.75, 3.05) is 5.32 Å². The SMILES string of the molecule is Cn1ncnc1CNc1ccccc1Cl. The largest absolute Gasteiger partial charge is 0.377 e. The van der Waals surface area contributed by atoms with Crippen LogP contribution in [0, 0.1) is 0 Å². The van der Waals surface area contributed by atoms with E-state index in [0.717, 1.165) is 11.5 Å². The van der Waals surface area contributed by atoms with Crippen molar-refractivity contribution in [1.29, 1.82) is 0 Å². The summed E-state index contributed by atoms with van der Waals surface area (Å²) in [6, 6.07) is 7.61. The molecule has 1 aromatic carbocycles. The van der Waals surface area contributed by atoms with Crippen molar-refractivity contribution in [1.82, 2.24) is 14.8 Å².